The molecule has 1 N–H and O–H groups in total. The molecule has 2 atom stereocenters. The molecule has 1 aliphatic heterocycles. The Balaban J connectivity index is 1.85. The molecule has 0 saturated carbocycles. The Kier molecular flexibility index (Phi) is 6.29. The van der Waals surface area contributed by atoms with Crippen molar-refractivity contribution >= 4 is 27.3 Å². The van der Waals surface area contributed by atoms with Crippen LogP contribution in [0.25, 0.3) is 0 Å². The average Bonchev–Trinajstić information content (AvgIpc) is 2.67. The SMILES string of the molecule is CC1CC(C)CN(S(=O)(=O)c2cccc(C(=O)Nc3ccccc3N(C)C)c2)C1. The van der Waals surface area contributed by atoms with E-state index in [0.29, 0.717) is 36.2 Å². The minimum atomic E-state index is -3.63. The summed E-state index contributed by atoms with van der Waals surface area (Å²) in [5.74, 6) is 0.307. The van der Waals surface area contributed by atoms with Crippen molar-refractivity contribution in [2.45, 2.75) is 25.2 Å². The van der Waals surface area contributed by atoms with E-state index in [-0.39, 0.29) is 10.8 Å². The summed E-state index contributed by atoms with van der Waals surface area (Å²) in [6, 6.07) is 13.8. The molecule has 0 aliphatic carbocycles. The van der Waals surface area contributed by atoms with Crippen molar-refractivity contribution in [3.8, 4) is 0 Å². The summed E-state index contributed by atoms with van der Waals surface area (Å²) in [5, 5.41) is 2.89. The van der Waals surface area contributed by atoms with Gasteiger partial charge >= 0.3 is 0 Å². The van der Waals surface area contributed by atoms with Crippen molar-refractivity contribution in [2.75, 3.05) is 37.4 Å². The van der Waals surface area contributed by atoms with Crippen LogP contribution in [-0.2, 0) is 10.0 Å². The van der Waals surface area contributed by atoms with Crippen molar-refractivity contribution in [3.63, 3.8) is 0 Å². The summed E-state index contributed by atoms with van der Waals surface area (Å²) in [7, 11) is 0.170. The van der Waals surface area contributed by atoms with Crippen LogP contribution in [0.15, 0.2) is 53.4 Å². The van der Waals surface area contributed by atoms with Crippen LogP contribution < -0.4 is 10.2 Å². The van der Waals surface area contributed by atoms with Crippen LogP contribution in [0.4, 0.5) is 11.4 Å². The predicted molar refractivity (Wildman–Crippen MR) is 117 cm³/mol. The van der Waals surface area contributed by atoms with Gasteiger partial charge in [-0.25, -0.2) is 8.42 Å². The highest BCUT2D eigenvalue weighted by atomic mass is 32.2. The lowest BCUT2D eigenvalue weighted by Gasteiger charge is -2.34. The zero-order valence-corrected chi connectivity index (χ0v) is 18.2. The molecule has 2 aromatic rings. The van der Waals surface area contributed by atoms with Gasteiger partial charge in [-0.05, 0) is 48.6 Å². The lowest BCUT2D eigenvalue weighted by molar-refractivity contribution is 0.102. The summed E-state index contributed by atoms with van der Waals surface area (Å²) in [4.78, 5) is 14.9. The molecular weight excluding hydrogens is 386 g/mol. The Morgan fingerprint density at radius 1 is 1.03 bits per heavy atom. The van der Waals surface area contributed by atoms with Crippen LogP contribution in [0, 0.1) is 11.8 Å². The fraction of sp³-hybridized carbons (Fsp3) is 0.409. The second-order valence-electron chi connectivity index (χ2n) is 8.16. The van der Waals surface area contributed by atoms with Crippen LogP contribution >= 0.6 is 0 Å². The topological polar surface area (TPSA) is 69.7 Å². The summed E-state index contributed by atoms with van der Waals surface area (Å²) in [5.41, 5.74) is 1.87. The van der Waals surface area contributed by atoms with Gasteiger partial charge in [0.1, 0.15) is 0 Å². The molecule has 29 heavy (non-hydrogen) atoms. The second-order valence-corrected chi connectivity index (χ2v) is 10.1. The maximum absolute atomic E-state index is 13.1. The number of nitrogens with zero attached hydrogens (tertiary/aromatic N) is 2. The minimum absolute atomic E-state index is 0.160. The molecule has 7 heteroatoms. The number of carbonyl (C=O) groups is 1. The number of nitrogens with one attached hydrogen (secondary N) is 1. The second kappa shape index (κ2) is 8.55. The molecule has 156 valence electrons. The largest absolute Gasteiger partial charge is 0.376 e. The predicted octanol–water partition coefficient (Wildman–Crippen LogP) is 3.67. The third kappa shape index (κ3) is 4.79. The Morgan fingerprint density at radius 2 is 1.69 bits per heavy atom. The molecule has 2 unspecified atom stereocenters. The van der Waals surface area contributed by atoms with E-state index < -0.39 is 10.0 Å². The first-order valence-electron chi connectivity index (χ1n) is 9.86. The highest BCUT2D eigenvalue weighted by Crippen LogP contribution is 2.28. The maximum Gasteiger partial charge on any atom is 0.255 e. The fourth-order valence-corrected chi connectivity index (χ4v) is 5.64. The standard InChI is InChI=1S/C22H29N3O3S/c1-16-12-17(2)15-25(14-16)29(27,28)19-9-7-8-18(13-19)22(26)23-20-10-5-6-11-21(20)24(3)4/h5-11,13,16-17H,12,14-15H2,1-4H3,(H,23,26). The number of para-hydroxylation sites is 2. The van der Waals surface area contributed by atoms with E-state index >= 15 is 0 Å². The zero-order chi connectivity index (χ0) is 21.2. The molecule has 0 aromatic heterocycles. The zero-order valence-electron chi connectivity index (χ0n) is 17.4. The van der Waals surface area contributed by atoms with Crippen molar-refractivity contribution in [1.29, 1.82) is 0 Å². The Hall–Kier alpha value is -2.38. The van der Waals surface area contributed by atoms with E-state index in [4.69, 9.17) is 0 Å². The van der Waals surface area contributed by atoms with Gasteiger partial charge in [-0.3, -0.25) is 4.79 Å². The quantitative estimate of drug-likeness (QED) is 0.809. The van der Waals surface area contributed by atoms with Crippen LogP contribution in [0.1, 0.15) is 30.6 Å². The lowest BCUT2D eigenvalue weighted by Crippen LogP contribution is -2.42. The van der Waals surface area contributed by atoms with E-state index in [1.807, 2.05) is 43.3 Å². The number of amides is 1. The summed E-state index contributed by atoms with van der Waals surface area (Å²) < 4.78 is 27.8. The molecular formula is C22H29N3O3S. The number of carbonyl (C=O) groups excluding carboxylic acids is 1. The van der Waals surface area contributed by atoms with Gasteiger partial charge in [0.15, 0.2) is 0 Å². The van der Waals surface area contributed by atoms with Crippen LogP contribution in [0.3, 0.4) is 0 Å². The smallest absolute Gasteiger partial charge is 0.255 e. The molecule has 6 nitrogen and oxygen atoms in total. The van der Waals surface area contributed by atoms with E-state index in [9.17, 15) is 13.2 Å². The van der Waals surface area contributed by atoms with E-state index in [1.165, 1.54) is 6.07 Å². The van der Waals surface area contributed by atoms with Crippen molar-refractivity contribution in [1.82, 2.24) is 4.31 Å². The molecule has 0 bridgehead atoms. The van der Waals surface area contributed by atoms with Gasteiger partial charge in [0.05, 0.1) is 16.3 Å². The van der Waals surface area contributed by atoms with Gasteiger partial charge < -0.3 is 10.2 Å². The van der Waals surface area contributed by atoms with E-state index in [2.05, 4.69) is 19.2 Å². The van der Waals surface area contributed by atoms with Crippen molar-refractivity contribution in [2.24, 2.45) is 11.8 Å². The summed E-state index contributed by atoms with van der Waals surface area (Å²) >= 11 is 0. The Labute approximate surface area is 173 Å². The minimum Gasteiger partial charge on any atom is -0.376 e. The van der Waals surface area contributed by atoms with Gasteiger partial charge in [0, 0.05) is 32.7 Å². The number of benzene rings is 2. The monoisotopic (exact) mass is 415 g/mol. The molecule has 0 radical (unpaired) electrons. The third-order valence-electron chi connectivity index (χ3n) is 5.20. The number of hydrogen-bond acceptors (Lipinski definition) is 4. The van der Waals surface area contributed by atoms with Crippen LogP contribution in [0.2, 0.25) is 0 Å². The number of anilines is 2. The highest BCUT2D eigenvalue weighted by Gasteiger charge is 2.32. The van der Waals surface area contributed by atoms with Crippen molar-refractivity contribution < 1.29 is 13.2 Å². The first-order chi connectivity index (χ1) is 13.7. The van der Waals surface area contributed by atoms with Crippen molar-refractivity contribution in [3.05, 3.63) is 54.1 Å². The molecule has 1 saturated heterocycles. The molecule has 1 aliphatic rings. The first kappa shape index (κ1) is 21.3. The van der Waals surface area contributed by atoms with Gasteiger partial charge in [-0.15, -0.1) is 0 Å². The number of hydrogen-bond donors (Lipinski definition) is 1. The van der Waals surface area contributed by atoms with Gasteiger partial charge in [-0.1, -0.05) is 32.0 Å². The molecule has 1 amide bonds. The van der Waals surface area contributed by atoms with Crippen LogP contribution in [-0.4, -0.2) is 45.8 Å². The first-order valence-corrected chi connectivity index (χ1v) is 11.3. The third-order valence-corrected chi connectivity index (χ3v) is 7.03. The number of sulfonamides is 1. The molecule has 3 rings (SSSR count). The summed E-state index contributed by atoms with van der Waals surface area (Å²) in [6.45, 7) is 5.17. The van der Waals surface area contributed by atoms with E-state index in [1.54, 1.807) is 22.5 Å². The molecule has 2 aromatic carbocycles. The number of rotatable bonds is 5. The van der Waals surface area contributed by atoms with Gasteiger partial charge in [-0.2, -0.15) is 4.31 Å². The van der Waals surface area contributed by atoms with E-state index in [0.717, 1.165) is 12.1 Å². The maximum atomic E-state index is 13.1. The molecule has 1 fully saturated rings. The fourth-order valence-electron chi connectivity index (χ4n) is 3.91. The van der Waals surface area contributed by atoms with Crippen LogP contribution in [0.5, 0.6) is 0 Å². The lowest BCUT2D eigenvalue weighted by atomic mass is 9.94. The normalized spacial score (nSPS) is 20.3. The Bertz CT molecular complexity index is 978. The average molecular weight is 416 g/mol. The summed E-state index contributed by atoms with van der Waals surface area (Å²) in [6.07, 6.45) is 1.03. The highest BCUT2D eigenvalue weighted by molar-refractivity contribution is 7.89. The Morgan fingerprint density at radius 3 is 2.34 bits per heavy atom. The van der Waals surface area contributed by atoms with Gasteiger partial charge in [0.2, 0.25) is 10.0 Å². The molecule has 1 heterocycles. The molecule has 0 spiro atoms. The van der Waals surface area contributed by atoms with Gasteiger partial charge in [0.25, 0.3) is 5.91 Å². The number of piperidine rings is 1.